The van der Waals surface area contributed by atoms with Gasteiger partial charge in [0.2, 0.25) is 18.6 Å². The number of amides is 3. The highest BCUT2D eigenvalue weighted by molar-refractivity contribution is 6.01. The van der Waals surface area contributed by atoms with Crippen molar-refractivity contribution in [2.24, 2.45) is 11.7 Å². The molecule has 0 saturated carbocycles. The monoisotopic (exact) mass is 463 g/mol. The van der Waals surface area contributed by atoms with Crippen LogP contribution in [0.4, 0.5) is 0 Å². The van der Waals surface area contributed by atoms with E-state index in [9.17, 15) is 14.4 Å². The standard InChI is InChI=1S/C26H29N3O5/c1-2-11-29-23(16-9-10-20-21(13-16)34-15-33-20)22(18-7-3-4-8-19(18)25(29)31)26(32)28-12-5-6-17(14-28)24(27)30/h3-4,7-10,13,17,22-23H,2,5-6,11-12,14-15H2,1H3,(H2,27,30). The Morgan fingerprint density at radius 3 is 2.71 bits per heavy atom. The van der Waals surface area contributed by atoms with E-state index in [2.05, 4.69) is 0 Å². The van der Waals surface area contributed by atoms with Crippen LogP contribution < -0.4 is 15.2 Å². The van der Waals surface area contributed by atoms with Gasteiger partial charge < -0.3 is 25.0 Å². The predicted molar refractivity (Wildman–Crippen MR) is 124 cm³/mol. The van der Waals surface area contributed by atoms with E-state index in [0.717, 1.165) is 18.4 Å². The fourth-order valence-electron chi connectivity index (χ4n) is 5.42. The first-order chi connectivity index (χ1) is 16.5. The van der Waals surface area contributed by atoms with E-state index in [4.69, 9.17) is 15.2 Å². The zero-order valence-corrected chi connectivity index (χ0v) is 19.2. The zero-order valence-electron chi connectivity index (χ0n) is 19.2. The van der Waals surface area contributed by atoms with E-state index in [1.807, 2.05) is 43.3 Å². The van der Waals surface area contributed by atoms with Crippen molar-refractivity contribution in [1.82, 2.24) is 9.80 Å². The van der Waals surface area contributed by atoms with Crippen molar-refractivity contribution >= 4 is 17.7 Å². The molecule has 0 bridgehead atoms. The number of primary amides is 1. The molecule has 8 heteroatoms. The minimum atomic E-state index is -0.604. The average Bonchev–Trinajstić information content (AvgIpc) is 3.33. The summed E-state index contributed by atoms with van der Waals surface area (Å²) in [7, 11) is 0. The number of fused-ring (bicyclic) bond motifs is 2. The molecule has 3 unspecified atom stereocenters. The average molecular weight is 464 g/mol. The number of ether oxygens (including phenoxy) is 2. The molecule has 0 spiro atoms. The van der Waals surface area contributed by atoms with Crippen LogP contribution in [-0.4, -0.2) is 53.9 Å². The molecule has 3 amide bonds. The Bertz CT molecular complexity index is 1130. The number of nitrogens with zero attached hydrogens (tertiary/aromatic N) is 2. The molecule has 3 aliphatic rings. The molecular formula is C26H29N3O5. The van der Waals surface area contributed by atoms with Gasteiger partial charge in [0.15, 0.2) is 11.5 Å². The molecule has 8 nitrogen and oxygen atoms in total. The van der Waals surface area contributed by atoms with Gasteiger partial charge in [0.25, 0.3) is 5.91 Å². The number of nitrogens with two attached hydrogens (primary N) is 1. The number of carbonyl (C=O) groups is 3. The summed E-state index contributed by atoms with van der Waals surface area (Å²) in [5.41, 5.74) is 7.67. The molecule has 1 fully saturated rings. The number of carbonyl (C=O) groups excluding carboxylic acids is 3. The molecular weight excluding hydrogens is 434 g/mol. The third kappa shape index (κ3) is 3.77. The number of likely N-dealkylation sites (tertiary alicyclic amines) is 1. The molecule has 178 valence electrons. The lowest BCUT2D eigenvalue weighted by molar-refractivity contribution is -0.138. The van der Waals surface area contributed by atoms with E-state index in [1.54, 1.807) is 15.9 Å². The Balaban J connectivity index is 1.61. The lowest BCUT2D eigenvalue weighted by Gasteiger charge is -2.44. The highest BCUT2D eigenvalue weighted by Crippen LogP contribution is 2.46. The maximum absolute atomic E-state index is 14.1. The maximum Gasteiger partial charge on any atom is 0.254 e. The summed E-state index contributed by atoms with van der Waals surface area (Å²) in [6.45, 7) is 3.55. The molecule has 3 aliphatic heterocycles. The number of hydrogen-bond donors (Lipinski definition) is 1. The van der Waals surface area contributed by atoms with Crippen molar-refractivity contribution in [3.05, 3.63) is 59.2 Å². The van der Waals surface area contributed by atoms with Crippen molar-refractivity contribution in [3.63, 3.8) is 0 Å². The second-order valence-corrected chi connectivity index (χ2v) is 9.15. The van der Waals surface area contributed by atoms with Crippen LogP contribution in [0.5, 0.6) is 11.5 Å². The van der Waals surface area contributed by atoms with Crippen LogP contribution in [0.3, 0.4) is 0 Å². The van der Waals surface area contributed by atoms with E-state index < -0.39 is 12.0 Å². The second kappa shape index (κ2) is 9.00. The van der Waals surface area contributed by atoms with Crippen molar-refractivity contribution in [1.29, 1.82) is 0 Å². The highest BCUT2D eigenvalue weighted by Gasteiger charge is 2.46. The smallest absolute Gasteiger partial charge is 0.254 e. The molecule has 5 rings (SSSR count). The summed E-state index contributed by atoms with van der Waals surface area (Å²) < 4.78 is 11.1. The number of hydrogen-bond acceptors (Lipinski definition) is 5. The van der Waals surface area contributed by atoms with Gasteiger partial charge in [0, 0.05) is 25.2 Å². The van der Waals surface area contributed by atoms with Gasteiger partial charge in [-0.2, -0.15) is 0 Å². The third-order valence-electron chi connectivity index (χ3n) is 7.04. The maximum atomic E-state index is 14.1. The summed E-state index contributed by atoms with van der Waals surface area (Å²) in [5.74, 6) is -0.250. The van der Waals surface area contributed by atoms with Gasteiger partial charge in [-0.25, -0.2) is 0 Å². The van der Waals surface area contributed by atoms with Crippen LogP contribution in [0.15, 0.2) is 42.5 Å². The summed E-state index contributed by atoms with van der Waals surface area (Å²) in [4.78, 5) is 43.2. The lowest BCUT2D eigenvalue weighted by Crippen LogP contribution is -2.51. The van der Waals surface area contributed by atoms with Crippen molar-refractivity contribution in [3.8, 4) is 11.5 Å². The van der Waals surface area contributed by atoms with Gasteiger partial charge in [0.05, 0.1) is 17.9 Å². The largest absolute Gasteiger partial charge is 0.454 e. The van der Waals surface area contributed by atoms with Gasteiger partial charge >= 0.3 is 0 Å². The first kappa shape index (κ1) is 22.3. The SMILES string of the molecule is CCCN1C(=O)c2ccccc2C(C(=O)N2CCCC(C(N)=O)C2)C1c1ccc2c(c1)OCO2. The van der Waals surface area contributed by atoms with Crippen LogP contribution in [0.25, 0.3) is 0 Å². The lowest BCUT2D eigenvalue weighted by atomic mass is 9.78. The minimum Gasteiger partial charge on any atom is -0.454 e. The molecule has 0 aromatic heterocycles. The van der Waals surface area contributed by atoms with Crippen LogP contribution in [-0.2, 0) is 9.59 Å². The van der Waals surface area contributed by atoms with Crippen molar-refractivity contribution in [2.45, 2.75) is 38.1 Å². The van der Waals surface area contributed by atoms with Crippen molar-refractivity contribution < 1.29 is 23.9 Å². The van der Waals surface area contributed by atoms with Crippen molar-refractivity contribution in [2.75, 3.05) is 26.4 Å². The Labute approximate surface area is 198 Å². The Morgan fingerprint density at radius 1 is 1.12 bits per heavy atom. The van der Waals surface area contributed by atoms with Gasteiger partial charge in [-0.15, -0.1) is 0 Å². The molecule has 1 saturated heterocycles. The topological polar surface area (TPSA) is 102 Å². The summed E-state index contributed by atoms with van der Waals surface area (Å²) in [5, 5.41) is 0. The summed E-state index contributed by atoms with van der Waals surface area (Å²) >= 11 is 0. The molecule has 3 heterocycles. The zero-order chi connectivity index (χ0) is 23.8. The highest BCUT2D eigenvalue weighted by atomic mass is 16.7. The minimum absolute atomic E-state index is 0.0853. The van der Waals surface area contributed by atoms with E-state index >= 15 is 0 Å². The first-order valence-electron chi connectivity index (χ1n) is 11.9. The summed E-state index contributed by atoms with van der Waals surface area (Å²) in [6.07, 6.45) is 2.16. The van der Waals surface area contributed by atoms with Gasteiger partial charge in [-0.3, -0.25) is 14.4 Å². The number of piperidine rings is 1. The number of benzene rings is 2. The Morgan fingerprint density at radius 2 is 1.91 bits per heavy atom. The van der Waals surface area contributed by atoms with Gasteiger partial charge in [-0.1, -0.05) is 31.2 Å². The van der Waals surface area contributed by atoms with E-state index in [-0.39, 0.29) is 30.4 Å². The third-order valence-corrected chi connectivity index (χ3v) is 7.04. The molecule has 34 heavy (non-hydrogen) atoms. The molecule has 0 aliphatic carbocycles. The number of rotatable bonds is 5. The van der Waals surface area contributed by atoms with Crippen LogP contribution in [0, 0.1) is 5.92 Å². The first-order valence-corrected chi connectivity index (χ1v) is 11.9. The Hall–Kier alpha value is -3.55. The van der Waals surface area contributed by atoms with Crippen LogP contribution in [0.1, 0.15) is 59.6 Å². The molecule has 3 atom stereocenters. The van der Waals surface area contributed by atoms with Crippen LogP contribution in [0.2, 0.25) is 0 Å². The molecule has 2 aromatic rings. The predicted octanol–water partition coefficient (Wildman–Crippen LogP) is 2.83. The summed E-state index contributed by atoms with van der Waals surface area (Å²) in [6, 6.07) is 12.5. The fraction of sp³-hybridized carbons (Fsp3) is 0.423. The normalized spacial score (nSPS) is 23.6. The molecule has 0 radical (unpaired) electrons. The molecule has 2 N–H and O–H groups in total. The Kier molecular flexibility index (Phi) is 5.89. The van der Waals surface area contributed by atoms with E-state index in [0.29, 0.717) is 48.7 Å². The van der Waals surface area contributed by atoms with Gasteiger partial charge in [-0.05, 0) is 48.6 Å². The van der Waals surface area contributed by atoms with Crippen LogP contribution >= 0.6 is 0 Å². The van der Waals surface area contributed by atoms with E-state index in [1.165, 1.54) is 0 Å². The van der Waals surface area contributed by atoms with Gasteiger partial charge in [0.1, 0.15) is 0 Å². The second-order valence-electron chi connectivity index (χ2n) is 9.15. The quantitative estimate of drug-likeness (QED) is 0.735. The fourth-order valence-corrected chi connectivity index (χ4v) is 5.42. The molecule has 2 aromatic carbocycles.